The molecule has 1 unspecified atom stereocenters. The van der Waals surface area contributed by atoms with Gasteiger partial charge in [-0.2, -0.15) is 0 Å². The number of hydrogen-bond acceptors (Lipinski definition) is 3. The van der Waals surface area contributed by atoms with Crippen molar-refractivity contribution in [3.8, 4) is 0 Å². The van der Waals surface area contributed by atoms with Crippen LogP contribution in [-0.2, 0) is 16.1 Å². The highest BCUT2D eigenvalue weighted by Crippen LogP contribution is 2.30. The van der Waals surface area contributed by atoms with E-state index >= 15 is 0 Å². The largest absolute Gasteiger partial charge is 0.460 e. The third-order valence-electron chi connectivity index (χ3n) is 3.65. The molecule has 3 nitrogen and oxygen atoms in total. The molecular weight excluding hydrogens is 288 g/mol. The van der Waals surface area contributed by atoms with Crippen LogP contribution in [0.5, 0.6) is 0 Å². The standard InChI is InChI=1S/C20H22O3/c1-20(2,3)17(18(21)16-12-8-5-9-13-16)19(22)23-14-15-10-6-4-7-11-15/h4-13,17H,14H2,1-3H3. The predicted molar refractivity (Wildman–Crippen MR) is 90.0 cm³/mol. The number of hydrogen-bond donors (Lipinski definition) is 0. The molecule has 0 aliphatic rings. The van der Waals surface area contributed by atoms with Gasteiger partial charge in [0.05, 0.1) is 0 Å². The number of carbonyl (C=O) groups is 2. The van der Waals surface area contributed by atoms with E-state index in [-0.39, 0.29) is 12.4 Å². The van der Waals surface area contributed by atoms with Crippen molar-refractivity contribution in [1.29, 1.82) is 0 Å². The fraction of sp³-hybridized carbons (Fsp3) is 0.300. The molecule has 0 aliphatic heterocycles. The molecule has 23 heavy (non-hydrogen) atoms. The van der Waals surface area contributed by atoms with E-state index in [9.17, 15) is 9.59 Å². The van der Waals surface area contributed by atoms with Crippen LogP contribution in [0.1, 0.15) is 36.7 Å². The van der Waals surface area contributed by atoms with Gasteiger partial charge in [-0.25, -0.2) is 0 Å². The highest BCUT2D eigenvalue weighted by Gasteiger charge is 2.39. The van der Waals surface area contributed by atoms with Gasteiger partial charge in [0.25, 0.3) is 0 Å². The van der Waals surface area contributed by atoms with Gasteiger partial charge in [0, 0.05) is 5.56 Å². The highest BCUT2D eigenvalue weighted by atomic mass is 16.5. The lowest BCUT2D eigenvalue weighted by atomic mass is 9.76. The lowest BCUT2D eigenvalue weighted by molar-refractivity contribution is -0.151. The Kier molecular flexibility index (Phi) is 5.32. The molecule has 0 fully saturated rings. The summed E-state index contributed by atoms with van der Waals surface area (Å²) in [4.78, 5) is 25.3. The Balaban J connectivity index is 2.15. The number of Topliss-reactive ketones (excluding diaryl/α,β-unsaturated/α-hetero) is 1. The molecule has 0 aromatic heterocycles. The SMILES string of the molecule is CC(C)(C)C(C(=O)OCc1ccccc1)C(=O)c1ccccc1. The van der Waals surface area contributed by atoms with Crippen molar-refractivity contribution in [1.82, 2.24) is 0 Å². The Morgan fingerprint density at radius 2 is 1.43 bits per heavy atom. The number of benzene rings is 2. The maximum Gasteiger partial charge on any atom is 0.317 e. The van der Waals surface area contributed by atoms with Gasteiger partial charge >= 0.3 is 5.97 Å². The molecule has 0 heterocycles. The number of esters is 1. The molecule has 1 atom stereocenters. The van der Waals surface area contributed by atoms with Gasteiger partial charge in [0.2, 0.25) is 0 Å². The molecule has 2 aromatic rings. The maximum absolute atomic E-state index is 12.7. The van der Waals surface area contributed by atoms with Crippen LogP contribution >= 0.6 is 0 Å². The third-order valence-corrected chi connectivity index (χ3v) is 3.65. The molecule has 0 amide bonds. The van der Waals surface area contributed by atoms with Crippen molar-refractivity contribution < 1.29 is 14.3 Å². The summed E-state index contributed by atoms with van der Waals surface area (Å²) in [6.45, 7) is 5.81. The topological polar surface area (TPSA) is 43.4 Å². The fourth-order valence-electron chi connectivity index (χ4n) is 2.43. The first-order valence-electron chi connectivity index (χ1n) is 7.69. The van der Waals surface area contributed by atoms with Gasteiger partial charge in [0.1, 0.15) is 12.5 Å². The average Bonchev–Trinajstić information content (AvgIpc) is 2.53. The van der Waals surface area contributed by atoms with Gasteiger partial charge in [-0.15, -0.1) is 0 Å². The molecular formula is C20H22O3. The number of ketones is 1. The Morgan fingerprint density at radius 1 is 0.913 bits per heavy atom. The molecule has 3 heteroatoms. The van der Waals surface area contributed by atoms with E-state index in [1.807, 2.05) is 57.2 Å². The minimum absolute atomic E-state index is 0.175. The molecule has 0 saturated carbocycles. The number of rotatable bonds is 5. The van der Waals surface area contributed by atoms with E-state index in [0.717, 1.165) is 5.56 Å². The Morgan fingerprint density at radius 3 is 1.96 bits per heavy atom. The predicted octanol–water partition coefficient (Wildman–Crippen LogP) is 4.28. The quantitative estimate of drug-likeness (QED) is 0.470. The summed E-state index contributed by atoms with van der Waals surface area (Å²) in [6.07, 6.45) is 0. The van der Waals surface area contributed by atoms with Crippen LogP contribution in [0.2, 0.25) is 0 Å². The van der Waals surface area contributed by atoms with Crippen molar-refractivity contribution in [3.05, 3.63) is 71.8 Å². The number of ether oxygens (including phenoxy) is 1. The molecule has 0 spiro atoms. The van der Waals surface area contributed by atoms with Crippen LogP contribution in [0.25, 0.3) is 0 Å². The summed E-state index contributed by atoms with van der Waals surface area (Å²) in [5, 5.41) is 0. The third kappa shape index (κ3) is 4.52. The van der Waals surface area contributed by atoms with Crippen LogP contribution in [-0.4, -0.2) is 11.8 Å². The molecule has 0 N–H and O–H groups in total. The molecule has 0 radical (unpaired) electrons. The van der Waals surface area contributed by atoms with Crippen LogP contribution in [0.4, 0.5) is 0 Å². The summed E-state index contributed by atoms with van der Waals surface area (Å²) in [5.41, 5.74) is 0.922. The first kappa shape index (κ1) is 16.9. The first-order chi connectivity index (χ1) is 10.9. The van der Waals surface area contributed by atoms with Crippen molar-refractivity contribution in [3.63, 3.8) is 0 Å². The summed E-state index contributed by atoms with van der Waals surface area (Å²) in [7, 11) is 0. The van der Waals surface area contributed by atoms with E-state index in [0.29, 0.717) is 5.56 Å². The van der Waals surface area contributed by atoms with E-state index in [4.69, 9.17) is 4.74 Å². The van der Waals surface area contributed by atoms with Crippen LogP contribution in [0, 0.1) is 11.3 Å². The molecule has 0 aliphatic carbocycles. The first-order valence-corrected chi connectivity index (χ1v) is 7.69. The number of carbonyl (C=O) groups excluding carboxylic acids is 2. The summed E-state index contributed by atoms with van der Waals surface area (Å²) in [5.74, 6) is -1.50. The molecule has 2 aromatic carbocycles. The Bertz CT molecular complexity index is 654. The minimum Gasteiger partial charge on any atom is -0.460 e. The van der Waals surface area contributed by atoms with Gasteiger partial charge in [-0.3, -0.25) is 9.59 Å². The molecule has 120 valence electrons. The molecule has 2 rings (SSSR count). The highest BCUT2D eigenvalue weighted by molar-refractivity contribution is 6.09. The van der Waals surface area contributed by atoms with Crippen LogP contribution < -0.4 is 0 Å². The van der Waals surface area contributed by atoms with Gasteiger partial charge in [-0.05, 0) is 11.0 Å². The van der Waals surface area contributed by atoms with Crippen LogP contribution in [0.15, 0.2) is 60.7 Å². The van der Waals surface area contributed by atoms with Crippen molar-refractivity contribution in [2.75, 3.05) is 0 Å². The normalized spacial score (nSPS) is 12.5. The van der Waals surface area contributed by atoms with Gasteiger partial charge in [-0.1, -0.05) is 81.4 Å². The summed E-state index contributed by atoms with van der Waals surface area (Å²) < 4.78 is 5.40. The Hall–Kier alpha value is -2.42. The summed E-state index contributed by atoms with van der Waals surface area (Å²) >= 11 is 0. The lowest BCUT2D eigenvalue weighted by Gasteiger charge is -2.27. The fourth-order valence-corrected chi connectivity index (χ4v) is 2.43. The zero-order valence-electron chi connectivity index (χ0n) is 13.8. The second-order valence-electron chi connectivity index (χ2n) is 6.62. The summed E-state index contributed by atoms with van der Waals surface area (Å²) in [6, 6.07) is 18.3. The smallest absolute Gasteiger partial charge is 0.317 e. The maximum atomic E-state index is 12.7. The zero-order valence-corrected chi connectivity index (χ0v) is 13.8. The molecule has 0 bridgehead atoms. The van der Waals surface area contributed by atoms with Crippen molar-refractivity contribution >= 4 is 11.8 Å². The van der Waals surface area contributed by atoms with E-state index in [2.05, 4.69) is 0 Å². The van der Waals surface area contributed by atoms with Crippen molar-refractivity contribution in [2.24, 2.45) is 11.3 Å². The second kappa shape index (κ2) is 7.23. The zero-order chi connectivity index (χ0) is 16.9. The van der Waals surface area contributed by atoms with Crippen LogP contribution in [0.3, 0.4) is 0 Å². The second-order valence-corrected chi connectivity index (χ2v) is 6.62. The Labute approximate surface area is 137 Å². The lowest BCUT2D eigenvalue weighted by Crippen LogP contribution is -2.37. The minimum atomic E-state index is -0.825. The van der Waals surface area contributed by atoms with Gasteiger partial charge in [0.15, 0.2) is 5.78 Å². The average molecular weight is 310 g/mol. The van der Waals surface area contributed by atoms with Crippen molar-refractivity contribution in [2.45, 2.75) is 27.4 Å². The molecule has 0 saturated heterocycles. The van der Waals surface area contributed by atoms with Gasteiger partial charge < -0.3 is 4.74 Å². The van der Waals surface area contributed by atoms with E-state index in [1.165, 1.54) is 0 Å². The van der Waals surface area contributed by atoms with E-state index < -0.39 is 17.3 Å². The monoisotopic (exact) mass is 310 g/mol. The van der Waals surface area contributed by atoms with E-state index in [1.54, 1.807) is 24.3 Å².